The van der Waals surface area contributed by atoms with Gasteiger partial charge in [0.25, 0.3) is 8.32 Å². The summed E-state index contributed by atoms with van der Waals surface area (Å²) in [7, 11) is -2.53. The molecule has 2 atom stereocenters. The van der Waals surface area contributed by atoms with Crippen LogP contribution in [0.2, 0.25) is 5.04 Å². The Morgan fingerprint density at radius 3 is 2.06 bits per heavy atom. The van der Waals surface area contributed by atoms with Crippen LogP contribution < -0.4 is 10.4 Å². The van der Waals surface area contributed by atoms with Crippen molar-refractivity contribution in [2.45, 2.75) is 38.1 Å². The van der Waals surface area contributed by atoms with E-state index in [4.69, 9.17) is 4.43 Å². The molecular weight excluding hydrogens is 422 g/mol. The zero-order valence-corrected chi connectivity index (χ0v) is 20.6. The minimum atomic E-state index is -2.53. The molecule has 0 amide bonds. The van der Waals surface area contributed by atoms with Gasteiger partial charge in [0.05, 0.1) is 5.52 Å². The number of rotatable bonds is 7. The monoisotopic (exact) mass is 453 g/mol. The van der Waals surface area contributed by atoms with E-state index in [1.54, 1.807) is 0 Å². The van der Waals surface area contributed by atoms with Gasteiger partial charge in [0.1, 0.15) is 0 Å². The number of carbonyl (C=O) groups excluding carboxylic acids is 1. The summed E-state index contributed by atoms with van der Waals surface area (Å²) < 4.78 is 8.95. The topological polar surface area (TPSA) is 31.2 Å². The van der Waals surface area contributed by atoms with Crippen LogP contribution in [0.3, 0.4) is 0 Å². The van der Waals surface area contributed by atoms with E-state index in [9.17, 15) is 4.79 Å². The molecule has 1 fully saturated rings. The first-order valence-corrected chi connectivity index (χ1v) is 13.7. The van der Waals surface area contributed by atoms with Crippen molar-refractivity contribution < 1.29 is 9.22 Å². The molecule has 0 aliphatic heterocycles. The molecule has 3 aromatic carbocycles. The van der Waals surface area contributed by atoms with Gasteiger partial charge in [0, 0.05) is 23.6 Å². The van der Waals surface area contributed by atoms with Crippen molar-refractivity contribution in [1.29, 1.82) is 0 Å². The SMILES string of the molecule is CC(C)(C)[Si](OC[C@@H]1C[C@H]1c1cc2ccccc2n1C=O)(c1ccccc1)c1ccccc1. The van der Waals surface area contributed by atoms with Gasteiger partial charge in [-0.1, -0.05) is 99.6 Å². The highest BCUT2D eigenvalue weighted by molar-refractivity contribution is 6.99. The molecule has 0 radical (unpaired) electrons. The van der Waals surface area contributed by atoms with Gasteiger partial charge in [0.2, 0.25) is 6.41 Å². The Morgan fingerprint density at radius 2 is 1.48 bits per heavy atom. The van der Waals surface area contributed by atoms with Crippen molar-refractivity contribution in [2.24, 2.45) is 5.92 Å². The largest absolute Gasteiger partial charge is 0.407 e. The number of benzene rings is 3. The Morgan fingerprint density at radius 1 is 0.909 bits per heavy atom. The van der Waals surface area contributed by atoms with Gasteiger partial charge in [-0.05, 0) is 39.9 Å². The van der Waals surface area contributed by atoms with E-state index in [0.29, 0.717) is 18.4 Å². The lowest BCUT2D eigenvalue weighted by Gasteiger charge is -2.43. The van der Waals surface area contributed by atoms with E-state index in [1.807, 2.05) is 22.8 Å². The average Bonchev–Trinajstić information content (AvgIpc) is 3.50. The van der Waals surface area contributed by atoms with Gasteiger partial charge >= 0.3 is 0 Å². The third-order valence-electron chi connectivity index (χ3n) is 7.12. The van der Waals surface area contributed by atoms with E-state index in [0.717, 1.165) is 29.4 Å². The molecule has 1 saturated carbocycles. The number of nitrogens with zero attached hydrogens (tertiary/aromatic N) is 1. The molecule has 4 aromatic rings. The molecule has 5 rings (SSSR count). The van der Waals surface area contributed by atoms with E-state index in [1.165, 1.54) is 10.4 Å². The maximum Gasteiger partial charge on any atom is 0.261 e. The Balaban J connectivity index is 1.47. The Kier molecular flexibility index (Phi) is 5.59. The van der Waals surface area contributed by atoms with E-state index >= 15 is 0 Å². The highest BCUT2D eigenvalue weighted by Gasteiger charge is 2.52. The highest BCUT2D eigenvalue weighted by atomic mass is 28.4. The fourth-order valence-electron chi connectivity index (χ4n) is 5.39. The molecule has 4 heteroatoms. The highest BCUT2D eigenvalue weighted by Crippen LogP contribution is 2.49. The first-order chi connectivity index (χ1) is 16.0. The van der Waals surface area contributed by atoms with Crippen LogP contribution in [0.25, 0.3) is 10.9 Å². The zero-order chi connectivity index (χ0) is 23.1. The normalized spacial score (nSPS) is 18.4. The summed E-state index contributed by atoms with van der Waals surface area (Å²) in [6.07, 6.45) is 2.01. The molecule has 0 unspecified atom stereocenters. The third kappa shape index (κ3) is 3.77. The summed E-state index contributed by atoms with van der Waals surface area (Å²) in [5.41, 5.74) is 2.10. The average molecular weight is 454 g/mol. The van der Waals surface area contributed by atoms with Crippen molar-refractivity contribution in [3.05, 3.63) is 96.7 Å². The van der Waals surface area contributed by atoms with Crippen molar-refractivity contribution in [3.63, 3.8) is 0 Å². The third-order valence-corrected chi connectivity index (χ3v) is 12.1. The fourth-order valence-corrected chi connectivity index (χ4v) is 10.0. The van der Waals surface area contributed by atoms with Crippen LogP contribution in [0.1, 0.15) is 38.8 Å². The van der Waals surface area contributed by atoms with Crippen LogP contribution in [0.15, 0.2) is 91.0 Å². The molecule has 0 N–H and O–H groups in total. The molecule has 1 heterocycles. The van der Waals surface area contributed by atoms with Gasteiger partial charge in [-0.3, -0.25) is 9.36 Å². The smallest absolute Gasteiger partial charge is 0.261 e. The predicted octanol–water partition coefficient (Wildman–Crippen LogP) is 5.36. The first kappa shape index (κ1) is 21.9. The van der Waals surface area contributed by atoms with Crippen LogP contribution in [-0.2, 0) is 9.22 Å². The number of fused-ring (bicyclic) bond motifs is 1. The van der Waals surface area contributed by atoms with Crippen LogP contribution in [0.5, 0.6) is 0 Å². The summed E-state index contributed by atoms with van der Waals surface area (Å²) in [6.45, 7) is 7.65. The van der Waals surface area contributed by atoms with Crippen LogP contribution in [0.4, 0.5) is 0 Å². The number of aromatic nitrogens is 1. The quantitative estimate of drug-likeness (QED) is 0.279. The molecule has 1 aliphatic rings. The first-order valence-electron chi connectivity index (χ1n) is 11.8. The second-order valence-electron chi connectivity index (χ2n) is 10.2. The lowest BCUT2D eigenvalue weighted by atomic mass is 10.2. The van der Waals surface area contributed by atoms with Crippen LogP contribution in [-0.4, -0.2) is 25.9 Å². The van der Waals surface area contributed by atoms with Crippen LogP contribution >= 0.6 is 0 Å². The van der Waals surface area contributed by atoms with Gasteiger partial charge in [-0.2, -0.15) is 0 Å². The number of carbonyl (C=O) groups is 1. The molecule has 0 spiro atoms. The van der Waals surface area contributed by atoms with Gasteiger partial charge < -0.3 is 4.43 Å². The standard InChI is InChI=1S/C29H31NO2Si/c1-29(2,3)33(24-13-6-4-7-14-24,25-15-8-5-9-16-25)32-20-23-18-26(23)28-19-22-12-10-11-17-27(22)30(28)21-31/h4-17,19,21,23,26H,18,20H2,1-3H3/t23-,26+/m0/s1. The van der Waals surface area contributed by atoms with Crippen molar-refractivity contribution in [1.82, 2.24) is 4.57 Å². The van der Waals surface area contributed by atoms with E-state index < -0.39 is 8.32 Å². The molecular formula is C29H31NO2Si. The van der Waals surface area contributed by atoms with Crippen molar-refractivity contribution in [3.8, 4) is 0 Å². The minimum absolute atomic E-state index is 0.0300. The molecule has 1 aromatic heterocycles. The predicted molar refractivity (Wildman–Crippen MR) is 139 cm³/mol. The Labute approximate surface area is 197 Å². The fraction of sp³-hybridized carbons (Fsp3) is 0.276. The van der Waals surface area contributed by atoms with E-state index in [2.05, 4.69) is 93.6 Å². The molecule has 3 nitrogen and oxygen atoms in total. The lowest BCUT2D eigenvalue weighted by molar-refractivity contribution is 0.278. The molecule has 0 saturated heterocycles. The van der Waals surface area contributed by atoms with Crippen molar-refractivity contribution >= 4 is 36.0 Å². The van der Waals surface area contributed by atoms with Gasteiger partial charge in [-0.25, -0.2) is 0 Å². The lowest BCUT2D eigenvalue weighted by Crippen LogP contribution is -2.66. The number of para-hydroxylation sites is 1. The maximum atomic E-state index is 11.9. The second kappa shape index (κ2) is 8.43. The summed E-state index contributed by atoms with van der Waals surface area (Å²) in [4.78, 5) is 11.9. The van der Waals surface area contributed by atoms with E-state index in [-0.39, 0.29) is 5.04 Å². The Hall–Kier alpha value is -2.95. The summed E-state index contributed by atoms with van der Waals surface area (Å²) in [5.74, 6) is 0.787. The van der Waals surface area contributed by atoms with Gasteiger partial charge in [0.15, 0.2) is 0 Å². The molecule has 33 heavy (non-hydrogen) atoms. The maximum absolute atomic E-state index is 11.9. The van der Waals surface area contributed by atoms with Crippen LogP contribution in [0, 0.1) is 5.92 Å². The number of hydrogen-bond acceptors (Lipinski definition) is 2. The molecule has 1 aliphatic carbocycles. The molecule has 168 valence electrons. The summed E-state index contributed by atoms with van der Waals surface area (Å²) in [6, 6.07) is 31.9. The molecule has 0 bridgehead atoms. The van der Waals surface area contributed by atoms with Crippen molar-refractivity contribution in [2.75, 3.05) is 6.61 Å². The Bertz CT molecular complexity index is 1220. The number of hydrogen-bond donors (Lipinski definition) is 0. The second-order valence-corrected chi connectivity index (χ2v) is 14.5. The zero-order valence-electron chi connectivity index (χ0n) is 19.6. The summed E-state index contributed by atoms with van der Waals surface area (Å²) in [5, 5.41) is 3.71. The van der Waals surface area contributed by atoms with Gasteiger partial charge in [-0.15, -0.1) is 0 Å². The minimum Gasteiger partial charge on any atom is -0.407 e. The summed E-state index contributed by atoms with van der Waals surface area (Å²) >= 11 is 0.